The van der Waals surface area contributed by atoms with Crippen LogP contribution in [0.3, 0.4) is 0 Å². The molecule has 0 unspecified atom stereocenters. The van der Waals surface area contributed by atoms with Crippen molar-refractivity contribution in [1.29, 1.82) is 0 Å². The molecule has 0 spiro atoms. The maximum absolute atomic E-state index is 14.5. The van der Waals surface area contributed by atoms with E-state index >= 15 is 0 Å². The van der Waals surface area contributed by atoms with E-state index < -0.39 is 0 Å². The van der Waals surface area contributed by atoms with Gasteiger partial charge in [-0.3, -0.25) is 9.69 Å². The average molecular weight is 639 g/mol. The second-order valence-electron chi connectivity index (χ2n) is 13.0. The van der Waals surface area contributed by atoms with Gasteiger partial charge in [0.15, 0.2) is 0 Å². The third kappa shape index (κ3) is 5.58. The summed E-state index contributed by atoms with van der Waals surface area (Å²) in [5.41, 5.74) is 8.06. The first kappa shape index (κ1) is 29.8. The van der Waals surface area contributed by atoms with Crippen molar-refractivity contribution in [1.82, 2.24) is 14.4 Å². The van der Waals surface area contributed by atoms with Crippen LogP contribution in [-0.4, -0.2) is 59.5 Å². The van der Waals surface area contributed by atoms with E-state index in [9.17, 15) is 4.79 Å². The molecule has 0 radical (unpaired) electrons. The van der Waals surface area contributed by atoms with Crippen LogP contribution in [0.4, 0.5) is 5.69 Å². The smallest absolute Gasteiger partial charge is 0.254 e. The third-order valence-electron chi connectivity index (χ3n) is 10.3. The van der Waals surface area contributed by atoms with Crippen LogP contribution >= 0.6 is 11.6 Å². The summed E-state index contributed by atoms with van der Waals surface area (Å²) in [6.45, 7) is 5.34. The van der Waals surface area contributed by atoms with Gasteiger partial charge in [-0.15, -0.1) is 0 Å². The monoisotopic (exact) mass is 638 g/mol. The first-order valence-corrected chi connectivity index (χ1v) is 17.1. The quantitative estimate of drug-likeness (QED) is 0.176. The Morgan fingerprint density at radius 3 is 2.30 bits per heavy atom. The van der Waals surface area contributed by atoms with Crippen molar-refractivity contribution < 1.29 is 4.79 Å². The Morgan fingerprint density at radius 1 is 0.723 bits per heavy atom. The molecule has 6 aromatic rings. The molecule has 0 N–H and O–H groups in total. The van der Waals surface area contributed by atoms with Crippen LogP contribution in [0.15, 0.2) is 121 Å². The number of aryl methyl sites for hydroxylation is 1. The zero-order valence-electron chi connectivity index (χ0n) is 26.7. The van der Waals surface area contributed by atoms with Crippen molar-refractivity contribution in [2.45, 2.75) is 18.4 Å². The number of halogens is 1. The van der Waals surface area contributed by atoms with Crippen LogP contribution in [-0.2, 0) is 13.5 Å². The molecule has 1 saturated heterocycles. The lowest BCUT2D eigenvalue weighted by molar-refractivity contribution is 0.0579. The summed E-state index contributed by atoms with van der Waals surface area (Å²) >= 11 is 6.33. The van der Waals surface area contributed by atoms with E-state index in [0.29, 0.717) is 6.54 Å². The molecule has 0 saturated carbocycles. The minimum Gasteiger partial charge on any atom is -0.369 e. The van der Waals surface area contributed by atoms with E-state index in [1.165, 1.54) is 38.6 Å². The van der Waals surface area contributed by atoms with Gasteiger partial charge in [0.25, 0.3) is 5.91 Å². The van der Waals surface area contributed by atoms with E-state index in [-0.39, 0.29) is 17.9 Å². The molecule has 0 aliphatic carbocycles. The first-order valence-electron chi connectivity index (χ1n) is 16.7. The van der Waals surface area contributed by atoms with Crippen molar-refractivity contribution in [2.24, 2.45) is 7.05 Å². The highest BCUT2D eigenvalue weighted by Gasteiger charge is 2.41. The molecular formula is C41H39ClN4O. The van der Waals surface area contributed by atoms with Gasteiger partial charge >= 0.3 is 0 Å². The summed E-state index contributed by atoms with van der Waals surface area (Å²) in [7, 11) is 2.14. The summed E-state index contributed by atoms with van der Waals surface area (Å²) in [4.78, 5) is 21.7. The molecule has 8 rings (SSSR count). The molecule has 1 amide bonds. The fourth-order valence-electron chi connectivity index (χ4n) is 7.94. The third-order valence-corrected chi connectivity index (χ3v) is 10.6. The number of aromatic nitrogens is 1. The summed E-state index contributed by atoms with van der Waals surface area (Å²) < 4.78 is 2.28. The average Bonchev–Trinajstić information content (AvgIpc) is 3.40. The topological polar surface area (TPSA) is 31.7 Å². The second kappa shape index (κ2) is 12.6. The maximum atomic E-state index is 14.5. The summed E-state index contributed by atoms with van der Waals surface area (Å²) in [5.74, 6) is 0.256. The molecule has 3 heterocycles. The largest absolute Gasteiger partial charge is 0.369 e. The first-order chi connectivity index (χ1) is 23.0. The number of para-hydroxylation sites is 1. The molecular weight excluding hydrogens is 600 g/mol. The predicted molar refractivity (Wildman–Crippen MR) is 194 cm³/mol. The molecule has 2 aliphatic rings. The Balaban J connectivity index is 1.18. The summed E-state index contributed by atoms with van der Waals surface area (Å²) in [6.07, 6.45) is 0.812. The van der Waals surface area contributed by atoms with Crippen molar-refractivity contribution in [3.8, 4) is 0 Å². The van der Waals surface area contributed by atoms with Crippen molar-refractivity contribution >= 4 is 45.0 Å². The normalized spacial score (nSPS) is 18.6. The van der Waals surface area contributed by atoms with Crippen LogP contribution in [0.5, 0.6) is 0 Å². The Morgan fingerprint density at radius 2 is 1.47 bits per heavy atom. The van der Waals surface area contributed by atoms with Gasteiger partial charge in [0.1, 0.15) is 0 Å². The standard InChI is InChI=1S/C41H39ClN4O/c1-43-38-17-8-7-15-34(38)36-26-30(18-19-39(36)43)40-37(28-44-22-24-45(25-23-44)32-13-9-12-31(42)27-32)33-14-5-6-16-35(33)41(47)46(40)21-20-29-10-3-2-4-11-29/h2-19,26-27,37,40H,20-25,28H2,1H3/t37-,40+/m0/s1. The van der Waals surface area contributed by atoms with Gasteiger partial charge in [-0.05, 0) is 65.6 Å². The lowest BCUT2D eigenvalue weighted by Gasteiger charge is -2.45. The highest BCUT2D eigenvalue weighted by molar-refractivity contribution is 6.30. The zero-order chi connectivity index (χ0) is 31.9. The molecule has 2 aliphatic heterocycles. The summed E-state index contributed by atoms with van der Waals surface area (Å²) in [6, 6.07) is 42.5. The molecule has 5 aromatic carbocycles. The maximum Gasteiger partial charge on any atom is 0.254 e. The van der Waals surface area contributed by atoms with E-state index in [0.717, 1.165) is 55.3 Å². The number of anilines is 1. The number of fused-ring (bicyclic) bond motifs is 4. The van der Waals surface area contributed by atoms with Gasteiger partial charge in [0, 0.05) is 90.3 Å². The van der Waals surface area contributed by atoms with Crippen molar-refractivity contribution in [3.63, 3.8) is 0 Å². The van der Waals surface area contributed by atoms with Gasteiger partial charge in [0.05, 0.1) is 6.04 Å². The molecule has 2 atom stereocenters. The number of carbonyl (C=O) groups is 1. The highest BCUT2D eigenvalue weighted by Crippen LogP contribution is 2.44. The minimum absolute atomic E-state index is 0.0876. The Labute approximate surface area is 281 Å². The minimum atomic E-state index is -0.0876. The molecule has 0 bridgehead atoms. The lowest BCUT2D eigenvalue weighted by Crippen LogP contribution is -2.51. The molecule has 236 valence electrons. The Hall–Kier alpha value is -4.58. The molecule has 5 nitrogen and oxygen atoms in total. The molecule has 1 aromatic heterocycles. The van der Waals surface area contributed by atoms with E-state index in [1.807, 2.05) is 24.3 Å². The van der Waals surface area contributed by atoms with Gasteiger partial charge in [-0.1, -0.05) is 90.5 Å². The van der Waals surface area contributed by atoms with Gasteiger partial charge in [0.2, 0.25) is 0 Å². The van der Waals surface area contributed by atoms with Crippen LogP contribution in [0.1, 0.15) is 39.0 Å². The van der Waals surface area contributed by atoms with Crippen LogP contribution in [0, 0.1) is 0 Å². The van der Waals surface area contributed by atoms with Crippen LogP contribution in [0.25, 0.3) is 21.8 Å². The predicted octanol–water partition coefficient (Wildman–Crippen LogP) is 8.33. The van der Waals surface area contributed by atoms with E-state index in [1.54, 1.807) is 0 Å². The number of amides is 1. The van der Waals surface area contributed by atoms with E-state index in [4.69, 9.17) is 11.6 Å². The van der Waals surface area contributed by atoms with Gasteiger partial charge in [-0.2, -0.15) is 0 Å². The number of hydrogen-bond donors (Lipinski definition) is 0. The number of carbonyl (C=O) groups excluding carboxylic acids is 1. The number of hydrogen-bond acceptors (Lipinski definition) is 3. The fourth-order valence-corrected chi connectivity index (χ4v) is 8.12. The number of rotatable bonds is 7. The Bertz CT molecular complexity index is 2060. The van der Waals surface area contributed by atoms with Gasteiger partial charge in [-0.25, -0.2) is 0 Å². The number of piperazine rings is 1. The number of benzene rings is 5. The number of nitrogens with zero attached hydrogens (tertiary/aromatic N) is 4. The SMILES string of the molecule is Cn1c2ccccc2c2cc([C@@H]3[C@@H](CN4CCN(c5cccc(Cl)c5)CC4)c4ccccc4C(=O)N3CCc3ccccc3)ccc21. The zero-order valence-corrected chi connectivity index (χ0v) is 27.5. The van der Waals surface area contributed by atoms with E-state index in [2.05, 4.69) is 123 Å². The Kier molecular flexibility index (Phi) is 7.96. The molecule has 47 heavy (non-hydrogen) atoms. The lowest BCUT2D eigenvalue weighted by atomic mass is 9.79. The fraction of sp³-hybridized carbons (Fsp3) is 0.244. The highest BCUT2D eigenvalue weighted by atomic mass is 35.5. The van der Waals surface area contributed by atoms with Crippen molar-refractivity contribution in [3.05, 3.63) is 149 Å². The summed E-state index contributed by atoms with van der Waals surface area (Å²) in [5, 5.41) is 3.26. The van der Waals surface area contributed by atoms with Crippen LogP contribution in [0.2, 0.25) is 5.02 Å². The van der Waals surface area contributed by atoms with Crippen molar-refractivity contribution in [2.75, 3.05) is 44.2 Å². The van der Waals surface area contributed by atoms with Crippen LogP contribution < -0.4 is 4.90 Å². The van der Waals surface area contributed by atoms with Gasteiger partial charge < -0.3 is 14.4 Å². The second-order valence-corrected chi connectivity index (χ2v) is 13.4. The molecule has 6 heteroatoms. The molecule has 1 fully saturated rings.